The van der Waals surface area contributed by atoms with E-state index < -0.39 is 22.9 Å². The van der Waals surface area contributed by atoms with E-state index in [1.54, 1.807) is 12.1 Å². The van der Waals surface area contributed by atoms with Crippen molar-refractivity contribution in [2.75, 3.05) is 18.0 Å². The van der Waals surface area contributed by atoms with Gasteiger partial charge >= 0.3 is 6.09 Å². The van der Waals surface area contributed by atoms with Gasteiger partial charge in [0.2, 0.25) is 0 Å². The van der Waals surface area contributed by atoms with E-state index in [-0.39, 0.29) is 24.3 Å². The molecule has 0 spiro atoms. The number of benzene rings is 2. The maximum Gasteiger partial charge on any atom is 0.414 e. The molecular weight excluding hydrogens is 317 g/mol. The van der Waals surface area contributed by atoms with Gasteiger partial charge in [-0.1, -0.05) is 12.1 Å². The van der Waals surface area contributed by atoms with Crippen LogP contribution < -0.4 is 10.6 Å². The molecule has 0 bridgehead atoms. The van der Waals surface area contributed by atoms with Gasteiger partial charge in [-0.3, -0.25) is 15.0 Å². The molecule has 0 radical (unpaired) electrons. The number of ether oxygens (including phenoxy) is 1. The number of nitrogens with two attached hydrogens (primary N) is 1. The SMILES string of the molecule is NC[C@H]1CN(c2ccc(-c3cccc([N+](=O)[O-])c3)c(F)c2)C(=O)O1. The zero-order valence-electron chi connectivity index (χ0n) is 12.5. The van der Waals surface area contributed by atoms with E-state index in [9.17, 15) is 19.3 Å². The molecule has 1 fully saturated rings. The molecule has 0 saturated carbocycles. The molecule has 1 saturated heterocycles. The molecule has 1 heterocycles. The lowest BCUT2D eigenvalue weighted by molar-refractivity contribution is -0.384. The van der Waals surface area contributed by atoms with Crippen LogP contribution in [0.25, 0.3) is 11.1 Å². The maximum absolute atomic E-state index is 14.5. The van der Waals surface area contributed by atoms with Crippen LogP contribution in [0.15, 0.2) is 42.5 Å². The largest absolute Gasteiger partial charge is 0.443 e. The van der Waals surface area contributed by atoms with E-state index in [1.807, 2.05) is 0 Å². The third-order valence-corrected chi connectivity index (χ3v) is 3.77. The van der Waals surface area contributed by atoms with Crippen LogP contribution in [0, 0.1) is 15.9 Å². The number of carbonyl (C=O) groups is 1. The summed E-state index contributed by atoms with van der Waals surface area (Å²) in [5, 5.41) is 10.8. The van der Waals surface area contributed by atoms with Gasteiger partial charge in [-0.2, -0.15) is 0 Å². The van der Waals surface area contributed by atoms with Crippen molar-refractivity contribution in [3.63, 3.8) is 0 Å². The van der Waals surface area contributed by atoms with E-state index in [4.69, 9.17) is 10.5 Å². The van der Waals surface area contributed by atoms with Crippen LogP contribution in [0.5, 0.6) is 0 Å². The Morgan fingerprint density at radius 1 is 1.33 bits per heavy atom. The van der Waals surface area contributed by atoms with Crippen molar-refractivity contribution in [1.82, 2.24) is 0 Å². The maximum atomic E-state index is 14.5. The molecule has 8 heteroatoms. The number of halogens is 1. The first-order chi connectivity index (χ1) is 11.5. The predicted molar refractivity (Wildman–Crippen MR) is 85.2 cm³/mol. The second-order valence-corrected chi connectivity index (χ2v) is 5.32. The summed E-state index contributed by atoms with van der Waals surface area (Å²) in [6.07, 6.45) is -0.995. The van der Waals surface area contributed by atoms with Crippen molar-refractivity contribution < 1.29 is 18.8 Å². The highest BCUT2D eigenvalue weighted by molar-refractivity contribution is 5.90. The summed E-state index contributed by atoms with van der Waals surface area (Å²) in [6.45, 7) is 0.446. The second-order valence-electron chi connectivity index (χ2n) is 5.32. The number of non-ortho nitro benzene ring substituents is 1. The van der Waals surface area contributed by atoms with Gasteiger partial charge in [0.15, 0.2) is 0 Å². The summed E-state index contributed by atoms with van der Waals surface area (Å²) in [4.78, 5) is 23.4. The second kappa shape index (κ2) is 6.25. The summed E-state index contributed by atoms with van der Waals surface area (Å²) in [5.41, 5.74) is 6.30. The molecule has 124 valence electrons. The van der Waals surface area contributed by atoms with Crippen molar-refractivity contribution >= 4 is 17.5 Å². The zero-order valence-corrected chi connectivity index (χ0v) is 12.5. The number of amides is 1. The molecule has 2 N–H and O–H groups in total. The van der Waals surface area contributed by atoms with Gasteiger partial charge in [0, 0.05) is 24.2 Å². The summed E-state index contributed by atoms with van der Waals surface area (Å²) in [6, 6.07) is 9.96. The van der Waals surface area contributed by atoms with Crippen LogP contribution in [0.3, 0.4) is 0 Å². The molecule has 1 atom stereocenters. The lowest BCUT2D eigenvalue weighted by atomic mass is 10.0. The summed E-state index contributed by atoms with van der Waals surface area (Å²) in [5.74, 6) is -0.586. The van der Waals surface area contributed by atoms with Gasteiger partial charge in [-0.05, 0) is 23.8 Å². The monoisotopic (exact) mass is 331 g/mol. The number of hydrogen-bond donors (Lipinski definition) is 1. The molecule has 7 nitrogen and oxygen atoms in total. The van der Waals surface area contributed by atoms with Crippen LogP contribution in [0.1, 0.15) is 0 Å². The number of carbonyl (C=O) groups excluding carboxylic acids is 1. The first kappa shape index (κ1) is 15.9. The lowest BCUT2D eigenvalue weighted by Gasteiger charge is -2.14. The first-order valence-corrected chi connectivity index (χ1v) is 7.22. The molecule has 0 aliphatic carbocycles. The Morgan fingerprint density at radius 2 is 2.12 bits per heavy atom. The predicted octanol–water partition coefficient (Wildman–Crippen LogP) is 2.68. The van der Waals surface area contributed by atoms with E-state index >= 15 is 0 Å². The van der Waals surface area contributed by atoms with Gasteiger partial charge in [-0.15, -0.1) is 0 Å². The van der Waals surface area contributed by atoms with Crippen molar-refractivity contribution in [2.24, 2.45) is 5.73 Å². The van der Waals surface area contributed by atoms with Crippen LogP contribution in [0.4, 0.5) is 20.6 Å². The van der Waals surface area contributed by atoms with E-state index in [0.717, 1.165) is 0 Å². The number of hydrogen-bond acceptors (Lipinski definition) is 5. The van der Waals surface area contributed by atoms with E-state index in [2.05, 4.69) is 0 Å². The third-order valence-electron chi connectivity index (χ3n) is 3.77. The molecule has 24 heavy (non-hydrogen) atoms. The van der Waals surface area contributed by atoms with Gasteiger partial charge < -0.3 is 10.5 Å². The van der Waals surface area contributed by atoms with Gasteiger partial charge in [0.25, 0.3) is 5.69 Å². The third kappa shape index (κ3) is 2.91. The highest BCUT2D eigenvalue weighted by Crippen LogP contribution is 2.30. The van der Waals surface area contributed by atoms with Crippen molar-refractivity contribution in [3.05, 3.63) is 58.4 Å². The average molecular weight is 331 g/mol. The number of cyclic esters (lactones) is 1. The zero-order chi connectivity index (χ0) is 17.3. The number of nitrogens with zero attached hydrogens (tertiary/aromatic N) is 2. The fraction of sp³-hybridized carbons (Fsp3) is 0.188. The molecule has 2 aromatic rings. The van der Waals surface area contributed by atoms with Gasteiger partial charge in [0.1, 0.15) is 11.9 Å². The van der Waals surface area contributed by atoms with Gasteiger partial charge in [0.05, 0.1) is 17.2 Å². The Balaban J connectivity index is 1.92. The number of nitro groups is 1. The van der Waals surface area contributed by atoms with Crippen LogP contribution in [-0.2, 0) is 4.74 Å². The topological polar surface area (TPSA) is 98.7 Å². The van der Waals surface area contributed by atoms with Crippen LogP contribution >= 0.6 is 0 Å². The normalized spacial score (nSPS) is 17.0. The first-order valence-electron chi connectivity index (χ1n) is 7.22. The fourth-order valence-corrected chi connectivity index (χ4v) is 2.55. The Bertz CT molecular complexity index is 812. The van der Waals surface area contributed by atoms with Crippen molar-refractivity contribution in [1.29, 1.82) is 0 Å². The Kier molecular flexibility index (Phi) is 4.13. The molecule has 1 aliphatic heterocycles. The Labute approximate surface area is 136 Å². The molecule has 0 aromatic heterocycles. The lowest BCUT2D eigenvalue weighted by Crippen LogP contribution is -2.27. The Hall–Kier alpha value is -3.00. The van der Waals surface area contributed by atoms with Crippen LogP contribution in [-0.4, -0.2) is 30.2 Å². The smallest absolute Gasteiger partial charge is 0.414 e. The number of rotatable bonds is 4. The fourth-order valence-electron chi connectivity index (χ4n) is 2.55. The minimum absolute atomic E-state index is 0.120. The van der Waals surface area contributed by atoms with Gasteiger partial charge in [-0.25, -0.2) is 9.18 Å². The standard InChI is InChI=1S/C16H14FN3O4/c17-15-7-11(19-9-13(8-18)24-16(19)21)4-5-14(15)10-2-1-3-12(6-10)20(22)23/h1-7,13H,8-9,18H2/t13-/m0/s1. The molecule has 0 unspecified atom stereocenters. The number of anilines is 1. The van der Waals surface area contributed by atoms with Crippen molar-refractivity contribution in [3.8, 4) is 11.1 Å². The minimum atomic E-state index is -0.586. The molecule has 1 aliphatic rings. The minimum Gasteiger partial charge on any atom is -0.443 e. The van der Waals surface area contributed by atoms with E-state index in [1.165, 1.54) is 35.2 Å². The van der Waals surface area contributed by atoms with Crippen LogP contribution in [0.2, 0.25) is 0 Å². The molecule has 1 amide bonds. The highest BCUT2D eigenvalue weighted by atomic mass is 19.1. The molecule has 2 aromatic carbocycles. The van der Waals surface area contributed by atoms with Crippen molar-refractivity contribution in [2.45, 2.75) is 6.10 Å². The highest BCUT2D eigenvalue weighted by Gasteiger charge is 2.31. The van der Waals surface area contributed by atoms with E-state index in [0.29, 0.717) is 11.3 Å². The summed E-state index contributed by atoms with van der Waals surface area (Å²) >= 11 is 0. The molecular formula is C16H14FN3O4. The summed E-state index contributed by atoms with van der Waals surface area (Å²) < 4.78 is 19.5. The summed E-state index contributed by atoms with van der Waals surface area (Å²) in [7, 11) is 0. The Morgan fingerprint density at radius 3 is 2.75 bits per heavy atom. The number of nitro benzene ring substituents is 1. The molecule has 3 rings (SSSR count). The average Bonchev–Trinajstić information content (AvgIpc) is 2.96. The quantitative estimate of drug-likeness (QED) is 0.686.